The third-order valence-electron chi connectivity index (χ3n) is 4.01. The summed E-state index contributed by atoms with van der Waals surface area (Å²) in [6.07, 6.45) is 2.97. The number of benzene rings is 1. The van der Waals surface area contributed by atoms with Crippen LogP contribution in [0.5, 0.6) is 0 Å². The van der Waals surface area contributed by atoms with Crippen molar-refractivity contribution in [2.24, 2.45) is 5.73 Å². The van der Waals surface area contributed by atoms with E-state index in [-0.39, 0.29) is 0 Å². The van der Waals surface area contributed by atoms with Crippen LogP contribution in [-0.2, 0) is 4.79 Å². The number of rotatable bonds is 5. The van der Waals surface area contributed by atoms with E-state index in [1.807, 2.05) is 11.8 Å². The number of nitrogens with zero attached hydrogens (tertiary/aromatic N) is 1. The van der Waals surface area contributed by atoms with Crippen LogP contribution < -0.4 is 10.6 Å². The largest absolute Gasteiger partial charge is 0.479 e. The molecule has 1 aliphatic heterocycles. The fraction of sp³-hybridized carbons (Fsp3) is 0.467. The van der Waals surface area contributed by atoms with Gasteiger partial charge in [-0.15, -0.1) is 0 Å². The lowest BCUT2D eigenvalue weighted by molar-refractivity contribution is -0.143. The normalized spacial score (nSPS) is 21.9. The van der Waals surface area contributed by atoms with Crippen molar-refractivity contribution < 1.29 is 14.7 Å². The zero-order valence-electron chi connectivity index (χ0n) is 11.6. The molecule has 3 N–H and O–H groups in total. The van der Waals surface area contributed by atoms with Crippen molar-refractivity contribution in [1.82, 2.24) is 0 Å². The molecule has 1 aliphatic rings. The summed E-state index contributed by atoms with van der Waals surface area (Å²) in [4.78, 5) is 24.8. The lowest BCUT2D eigenvalue weighted by atomic mass is 9.90. The Kier molecular flexibility index (Phi) is 3.97. The molecule has 1 fully saturated rings. The van der Waals surface area contributed by atoms with Gasteiger partial charge in [0.15, 0.2) is 0 Å². The van der Waals surface area contributed by atoms with E-state index in [4.69, 9.17) is 5.73 Å². The molecule has 0 radical (unpaired) electrons. The molecule has 1 aromatic rings. The van der Waals surface area contributed by atoms with Gasteiger partial charge in [0.2, 0.25) is 5.91 Å². The number of nitrogens with two attached hydrogens (primary N) is 1. The zero-order chi connectivity index (χ0) is 14.8. The van der Waals surface area contributed by atoms with Crippen molar-refractivity contribution in [1.29, 1.82) is 0 Å². The number of carboxylic acids is 1. The Morgan fingerprint density at radius 2 is 2.00 bits per heavy atom. The molecule has 0 spiro atoms. The Morgan fingerprint density at radius 1 is 1.35 bits per heavy atom. The van der Waals surface area contributed by atoms with E-state index in [1.165, 1.54) is 0 Å². The first-order valence-corrected chi connectivity index (χ1v) is 6.92. The van der Waals surface area contributed by atoms with Gasteiger partial charge in [-0.25, -0.2) is 4.79 Å². The Hall–Kier alpha value is -2.04. The summed E-state index contributed by atoms with van der Waals surface area (Å²) in [6.45, 7) is 2.72. The summed E-state index contributed by atoms with van der Waals surface area (Å²) in [6, 6.07) is 6.85. The van der Waals surface area contributed by atoms with Crippen LogP contribution in [0, 0.1) is 0 Å². The molecular formula is C15H20N2O3. The van der Waals surface area contributed by atoms with Gasteiger partial charge in [0.05, 0.1) is 0 Å². The van der Waals surface area contributed by atoms with Crippen LogP contribution in [0.2, 0.25) is 0 Å². The Labute approximate surface area is 118 Å². The fourth-order valence-electron chi connectivity index (χ4n) is 3.06. The first kappa shape index (κ1) is 14.4. The van der Waals surface area contributed by atoms with Crippen molar-refractivity contribution in [3.05, 3.63) is 29.8 Å². The van der Waals surface area contributed by atoms with Gasteiger partial charge >= 0.3 is 5.97 Å². The predicted molar refractivity (Wildman–Crippen MR) is 76.8 cm³/mol. The lowest BCUT2D eigenvalue weighted by Gasteiger charge is -2.36. The number of anilines is 1. The van der Waals surface area contributed by atoms with Crippen molar-refractivity contribution >= 4 is 17.6 Å². The highest BCUT2D eigenvalue weighted by Gasteiger charge is 2.46. The van der Waals surface area contributed by atoms with Crippen LogP contribution in [0.4, 0.5) is 5.69 Å². The number of carbonyl (C=O) groups is 2. The van der Waals surface area contributed by atoms with E-state index in [9.17, 15) is 14.7 Å². The molecule has 20 heavy (non-hydrogen) atoms. The molecule has 2 rings (SSSR count). The van der Waals surface area contributed by atoms with Gasteiger partial charge in [0.25, 0.3) is 0 Å². The molecule has 5 nitrogen and oxygen atoms in total. The molecule has 0 saturated carbocycles. The minimum absolute atomic E-state index is 0.435. The molecule has 0 aliphatic carbocycles. The first-order valence-electron chi connectivity index (χ1n) is 6.92. The van der Waals surface area contributed by atoms with Gasteiger partial charge in [-0.2, -0.15) is 0 Å². The molecule has 5 heteroatoms. The van der Waals surface area contributed by atoms with E-state index >= 15 is 0 Å². The van der Waals surface area contributed by atoms with Gasteiger partial charge in [-0.1, -0.05) is 13.3 Å². The Balaban J connectivity index is 2.34. The van der Waals surface area contributed by atoms with Gasteiger partial charge in [0.1, 0.15) is 5.54 Å². The number of amides is 1. The number of aliphatic carboxylic acids is 1. The SMILES string of the molecule is CCCC1(C(=O)O)CCCN1c1ccc(C(N)=O)cc1. The molecule has 1 saturated heterocycles. The Bertz CT molecular complexity index is 512. The molecule has 0 bridgehead atoms. The molecule has 1 amide bonds. The van der Waals surface area contributed by atoms with Gasteiger partial charge in [-0.05, 0) is 43.5 Å². The molecule has 1 atom stereocenters. The summed E-state index contributed by atoms with van der Waals surface area (Å²) in [5.41, 5.74) is 5.67. The third-order valence-corrected chi connectivity index (χ3v) is 4.01. The Morgan fingerprint density at radius 3 is 2.50 bits per heavy atom. The van der Waals surface area contributed by atoms with Crippen LogP contribution in [-0.4, -0.2) is 29.1 Å². The summed E-state index contributed by atoms with van der Waals surface area (Å²) in [5, 5.41) is 9.65. The van der Waals surface area contributed by atoms with Crippen molar-refractivity contribution in [2.75, 3.05) is 11.4 Å². The van der Waals surface area contributed by atoms with E-state index in [0.29, 0.717) is 18.4 Å². The number of carbonyl (C=O) groups excluding carboxylic acids is 1. The molecule has 108 valence electrons. The maximum atomic E-state index is 11.8. The summed E-state index contributed by atoms with van der Waals surface area (Å²) in [5.74, 6) is -1.24. The maximum Gasteiger partial charge on any atom is 0.329 e. The van der Waals surface area contributed by atoms with Crippen LogP contribution >= 0.6 is 0 Å². The summed E-state index contributed by atoms with van der Waals surface area (Å²) >= 11 is 0. The fourth-order valence-corrected chi connectivity index (χ4v) is 3.06. The van der Waals surface area contributed by atoms with Crippen molar-refractivity contribution in [3.8, 4) is 0 Å². The van der Waals surface area contributed by atoms with Crippen LogP contribution in [0.3, 0.4) is 0 Å². The van der Waals surface area contributed by atoms with Crippen LogP contribution in [0.15, 0.2) is 24.3 Å². The topological polar surface area (TPSA) is 83.6 Å². The third kappa shape index (κ3) is 2.35. The second kappa shape index (κ2) is 5.53. The highest BCUT2D eigenvalue weighted by Crippen LogP contribution is 2.37. The van der Waals surface area contributed by atoms with E-state index in [0.717, 1.165) is 25.1 Å². The highest BCUT2D eigenvalue weighted by molar-refractivity contribution is 5.93. The minimum Gasteiger partial charge on any atom is -0.479 e. The number of hydrogen-bond donors (Lipinski definition) is 2. The standard InChI is InChI=1S/C15H20N2O3/c1-2-8-15(14(19)20)9-3-10-17(15)12-6-4-11(5-7-12)13(16)18/h4-7H,2-3,8-10H2,1H3,(H2,16,18)(H,19,20). The average molecular weight is 276 g/mol. The quantitative estimate of drug-likeness (QED) is 0.861. The monoisotopic (exact) mass is 276 g/mol. The van der Waals surface area contributed by atoms with Crippen LogP contribution in [0.1, 0.15) is 43.0 Å². The van der Waals surface area contributed by atoms with Crippen molar-refractivity contribution in [3.63, 3.8) is 0 Å². The molecule has 0 aromatic heterocycles. The van der Waals surface area contributed by atoms with Gasteiger partial charge in [0, 0.05) is 17.8 Å². The second-order valence-electron chi connectivity index (χ2n) is 5.25. The average Bonchev–Trinajstić information content (AvgIpc) is 2.84. The first-order chi connectivity index (χ1) is 9.51. The molecule has 1 unspecified atom stereocenters. The number of carboxylic acid groups (broad SMARTS) is 1. The number of hydrogen-bond acceptors (Lipinski definition) is 3. The summed E-state index contributed by atoms with van der Waals surface area (Å²) in [7, 11) is 0. The smallest absolute Gasteiger partial charge is 0.329 e. The second-order valence-corrected chi connectivity index (χ2v) is 5.25. The lowest BCUT2D eigenvalue weighted by Crippen LogP contribution is -2.50. The predicted octanol–water partition coefficient (Wildman–Crippen LogP) is 2.01. The van der Waals surface area contributed by atoms with Crippen LogP contribution in [0.25, 0.3) is 0 Å². The van der Waals surface area contributed by atoms with Crippen molar-refractivity contribution in [2.45, 2.75) is 38.1 Å². The van der Waals surface area contributed by atoms with E-state index < -0.39 is 17.4 Å². The van der Waals surface area contributed by atoms with Gasteiger partial charge < -0.3 is 15.7 Å². The zero-order valence-corrected chi connectivity index (χ0v) is 11.6. The highest BCUT2D eigenvalue weighted by atomic mass is 16.4. The molecule has 1 heterocycles. The molecule has 1 aromatic carbocycles. The van der Waals surface area contributed by atoms with Gasteiger partial charge in [-0.3, -0.25) is 4.79 Å². The maximum absolute atomic E-state index is 11.8. The number of primary amides is 1. The van der Waals surface area contributed by atoms with E-state index in [1.54, 1.807) is 24.3 Å². The summed E-state index contributed by atoms with van der Waals surface area (Å²) < 4.78 is 0. The minimum atomic E-state index is -0.816. The molecular weight excluding hydrogens is 256 g/mol. The van der Waals surface area contributed by atoms with E-state index in [2.05, 4.69) is 0 Å².